The predicted molar refractivity (Wildman–Crippen MR) is 90.9 cm³/mol. The Morgan fingerprint density at radius 2 is 1.79 bits per heavy atom. The summed E-state index contributed by atoms with van der Waals surface area (Å²) in [5.41, 5.74) is 1.45. The molecule has 1 aliphatic heterocycles. The number of hydrogen-bond donors (Lipinski definition) is 2. The molecule has 2 N–H and O–H groups in total. The third-order valence-corrected chi connectivity index (χ3v) is 4.88. The van der Waals surface area contributed by atoms with E-state index in [2.05, 4.69) is 10.6 Å². The second-order valence-electron chi connectivity index (χ2n) is 5.63. The molecule has 1 fully saturated rings. The topological polar surface area (TPSA) is 41.1 Å². The van der Waals surface area contributed by atoms with E-state index in [4.69, 9.17) is 23.2 Å². The Labute approximate surface area is 148 Å². The van der Waals surface area contributed by atoms with Crippen molar-refractivity contribution in [2.45, 2.75) is 11.8 Å². The first-order valence-electron chi connectivity index (χ1n) is 7.36. The number of hydrogen-bond acceptors (Lipinski definition) is 2. The summed E-state index contributed by atoms with van der Waals surface area (Å²) in [6.07, 6.45) is 0.504. The number of amides is 1. The lowest BCUT2D eigenvalue weighted by atomic mass is 9.83. The zero-order valence-electron chi connectivity index (χ0n) is 12.5. The Hall–Kier alpha value is -1.69. The van der Waals surface area contributed by atoms with E-state index >= 15 is 0 Å². The third-order valence-electron chi connectivity index (χ3n) is 4.30. The Morgan fingerprint density at radius 3 is 2.50 bits per heavy atom. The largest absolute Gasteiger partial charge is 0.328 e. The molecule has 24 heavy (non-hydrogen) atoms. The van der Waals surface area contributed by atoms with E-state index in [0.717, 1.165) is 0 Å². The number of carbonyl (C=O) groups is 1. The molecule has 2 atom stereocenters. The molecular formula is C17H14Cl2F2N2O. The number of carbonyl (C=O) groups excluding carboxylic acids is 1. The van der Waals surface area contributed by atoms with Crippen molar-refractivity contribution in [2.75, 3.05) is 18.4 Å². The van der Waals surface area contributed by atoms with Crippen LogP contribution in [0.1, 0.15) is 23.0 Å². The molecule has 0 aromatic heterocycles. The monoisotopic (exact) mass is 370 g/mol. The molecule has 126 valence electrons. The number of benzene rings is 2. The van der Waals surface area contributed by atoms with Gasteiger partial charge in [-0.2, -0.15) is 0 Å². The molecule has 2 aromatic rings. The van der Waals surface area contributed by atoms with Crippen molar-refractivity contribution in [2.24, 2.45) is 0 Å². The summed E-state index contributed by atoms with van der Waals surface area (Å²) >= 11 is 11.7. The van der Waals surface area contributed by atoms with Crippen LogP contribution in [0.3, 0.4) is 0 Å². The Kier molecular flexibility index (Phi) is 5.04. The van der Waals surface area contributed by atoms with Crippen LogP contribution < -0.4 is 10.6 Å². The van der Waals surface area contributed by atoms with Gasteiger partial charge in [-0.1, -0.05) is 35.3 Å². The molecule has 0 bridgehead atoms. The van der Waals surface area contributed by atoms with Crippen molar-refractivity contribution in [3.63, 3.8) is 0 Å². The van der Waals surface area contributed by atoms with Crippen molar-refractivity contribution >= 4 is 35.3 Å². The van der Waals surface area contributed by atoms with Crippen molar-refractivity contribution in [1.29, 1.82) is 0 Å². The van der Waals surface area contributed by atoms with Crippen molar-refractivity contribution in [3.8, 4) is 0 Å². The van der Waals surface area contributed by atoms with Gasteiger partial charge in [0.25, 0.3) is 0 Å². The minimum atomic E-state index is -0.583. The maximum Gasteiger partial charge on any atom is 0.211 e. The van der Waals surface area contributed by atoms with Crippen LogP contribution in [0.15, 0.2) is 30.3 Å². The first-order chi connectivity index (χ1) is 11.5. The molecular weight excluding hydrogens is 357 g/mol. The first-order valence-corrected chi connectivity index (χ1v) is 8.12. The second-order valence-corrected chi connectivity index (χ2v) is 6.44. The van der Waals surface area contributed by atoms with Crippen LogP contribution in [0.4, 0.5) is 14.5 Å². The van der Waals surface area contributed by atoms with Crippen molar-refractivity contribution < 1.29 is 13.6 Å². The summed E-state index contributed by atoms with van der Waals surface area (Å²) in [4.78, 5) is 10.8. The minimum absolute atomic E-state index is 0.0478. The van der Waals surface area contributed by atoms with Gasteiger partial charge < -0.3 is 10.6 Å². The number of halogens is 4. The first kappa shape index (κ1) is 17.1. The SMILES string of the molecule is O=CNc1cc(Cl)c(F)cc1[C@@H]1CNCC1c1cccc(Cl)c1F. The van der Waals surface area contributed by atoms with E-state index in [0.29, 0.717) is 36.3 Å². The standard InChI is InChI=1S/C17H14Cl2F2N2O/c18-13-3-1-2-9(17(13)21)11-6-22-7-12(11)10-4-15(20)14(19)5-16(10)23-8-24/h1-5,8,11-12,22H,6-7H2,(H,23,24)/t11?,12-/m0/s1. The molecule has 3 nitrogen and oxygen atoms in total. The van der Waals surface area contributed by atoms with E-state index in [-0.39, 0.29) is 21.9 Å². The van der Waals surface area contributed by atoms with Gasteiger partial charge in [0, 0.05) is 30.6 Å². The zero-order valence-corrected chi connectivity index (χ0v) is 14.0. The zero-order chi connectivity index (χ0) is 17.3. The highest BCUT2D eigenvalue weighted by atomic mass is 35.5. The van der Waals surface area contributed by atoms with E-state index in [9.17, 15) is 13.6 Å². The van der Waals surface area contributed by atoms with Crippen molar-refractivity contribution in [1.82, 2.24) is 5.32 Å². The van der Waals surface area contributed by atoms with E-state index in [1.54, 1.807) is 12.1 Å². The quantitative estimate of drug-likeness (QED) is 0.787. The summed E-state index contributed by atoms with van der Waals surface area (Å²) in [6, 6.07) is 7.50. The Balaban J connectivity index is 2.06. The van der Waals surface area contributed by atoms with E-state index in [1.165, 1.54) is 18.2 Å². The Bertz CT molecular complexity index is 785. The normalized spacial score (nSPS) is 20.2. The van der Waals surface area contributed by atoms with E-state index < -0.39 is 11.6 Å². The van der Waals surface area contributed by atoms with Gasteiger partial charge in [-0.15, -0.1) is 0 Å². The van der Waals surface area contributed by atoms with E-state index in [1.807, 2.05) is 0 Å². The van der Waals surface area contributed by atoms with Crippen LogP contribution in [-0.2, 0) is 4.79 Å². The summed E-state index contributed by atoms with van der Waals surface area (Å²) in [5, 5.41) is 5.69. The number of nitrogens with one attached hydrogen (secondary N) is 2. The molecule has 1 heterocycles. The lowest BCUT2D eigenvalue weighted by Gasteiger charge is -2.23. The van der Waals surface area contributed by atoms with Crippen LogP contribution in [0, 0.1) is 11.6 Å². The van der Waals surface area contributed by atoms with Gasteiger partial charge in [0.15, 0.2) is 0 Å². The fourth-order valence-electron chi connectivity index (χ4n) is 3.20. The summed E-state index contributed by atoms with van der Waals surface area (Å²) < 4.78 is 28.4. The molecule has 2 aromatic carbocycles. The maximum atomic E-state index is 14.4. The molecule has 3 rings (SSSR count). The van der Waals surface area contributed by atoms with Crippen LogP contribution in [0.5, 0.6) is 0 Å². The summed E-state index contributed by atoms with van der Waals surface area (Å²) in [5.74, 6) is -1.53. The fraction of sp³-hybridized carbons (Fsp3) is 0.235. The molecule has 1 aliphatic rings. The van der Waals surface area contributed by atoms with Crippen LogP contribution >= 0.6 is 23.2 Å². The van der Waals surface area contributed by atoms with Gasteiger partial charge in [-0.3, -0.25) is 4.79 Å². The minimum Gasteiger partial charge on any atom is -0.328 e. The van der Waals surface area contributed by atoms with Crippen LogP contribution in [0.2, 0.25) is 10.0 Å². The lowest BCUT2D eigenvalue weighted by molar-refractivity contribution is -0.105. The highest BCUT2D eigenvalue weighted by Crippen LogP contribution is 2.42. The Morgan fingerprint density at radius 1 is 1.08 bits per heavy atom. The fourth-order valence-corrected chi connectivity index (χ4v) is 3.54. The predicted octanol–water partition coefficient (Wildman–Crippen LogP) is 4.31. The van der Waals surface area contributed by atoms with Gasteiger partial charge in [-0.05, 0) is 29.3 Å². The van der Waals surface area contributed by atoms with Gasteiger partial charge in [0.2, 0.25) is 6.41 Å². The molecule has 0 saturated carbocycles. The molecule has 7 heteroatoms. The molecule has 1 saturated heterocycles. The highest BCUT2D eigenvalue weighted by molar-refractivity contribution is 6.31. The summed E-state index contributed by atoms with van der Waals surface area (Å²) in [7, 11) is 0. The van der Waals surface area contributed by atoms with Crippen LogP contribution in [0.25, 0.3) is 0 Å². The highest BCUT2D eigenvalue weighted by Gasteiger charge is 2.34. The number of rotatable bonds is 4. The molecule has 1 unspecified atom stereocenters. The van der Waals surface area contributed by atoms with Gasteiger partial charge in [0.05, 0.1) is 10.0 Å². The van der Waals surface area contributed by atoms with Gasteiger partial charge in [0.1, 0.15) is 11.6 Å². The van der Waals surface area contributed by atoms with Crippen LogP contribution in [-0.4, -0.2) is 19.5 Å². The third kappa shape index (κ3) is 3.11. The molecule has 1 amide bonds. The average molecular weight is 371 g/mol. The average Bonchev–Trinajstić information content (AvgIpc) is 3.03. The van der Waals surface area contributed by atoms with Crippen molar-refractivity contribution in [3.05, 3.63) is 63.1 Å². The molecule has 0 aliphatic carbocycles. The maximum absolute atomic E-state index is 14.4. The molecule has 0 spiro atoms. The van der Waals surface area contributed by atoms with Gasteiger partial charge >= 0.3 is 0 Å². The molecule has 0 radical (unpaired) electrons. The number of anilines is 1. The second kappa shape index (κ2) is 7.05. The smallest absolute Gasteiger partial charge is 0.211 e. The lowest BCUT2D eigenvalue weighted by Crippen LogP contribution is -2.13. The summed E-state index contributed by atoms with van der Waals surface area (Å²) in [6.45, 7) is 1.04. The van der Waals surface area contributed by atoms with Gasteiger partial charge in [-0.25, -0.2) is 8.78 Å².